The standard InChI is InChI=1S/C4H9NO4S/c6-10(7,8)9-5-3-1-2-4-5/h1-4H2,(H,6,7,8). The van der Waals surface area contributed by atoms with E-state index in [2.05, 4.69) is 4.28 Å². The number of rotatable bonds is 2. The zero-order valence-corrected chi connectivity index (χ0v) is 6.17. The minimum Gasteiger partial charge on any atom is -0.262 e. The fourth-order valence-electron chi connectivity index (χ4n) is 0.896. The maximum atomic E-state index is 10.1. The van der Waals surface area contributed by atoms with E-state index in [1.165, 1.54) is 5.06 Å². The summed E-state index contributed by atoms with van der Waals surface area (Å²) in [6, 6.07) is 0. The molecule has 1 N–H and O–H groups in total. The summed E-state index contributed by atoms with van der Waals surface area (Å²) in [4.78, 5) is 0. The van der Waals surface area contributed by atoms with Gasteiger partial charge in [0, 0.05) is 13.1 Å². The van der Waals surface area contributed by atoms with Gasteiger partial charge in [0.2, 0.25) is 0 Å². The van der Waals surface area contributed by atoms with Gasteiger partial charge in [0.05, 0.1) is 0 Å². The third kappa shape index (κ3) is 2.61. The SMILES string of the molecule is O=S(=O)(O)ON1CCCC1. The van der Waals surface area contributed by atoms with Gasteiger partial charge in [-0.3, -0.25) is 4.55 Å². The van der Waals surface area contributed by atoms with Crippen molar-refractivity contribution < 1.29 is 17.3 Å². The van der Waals surface area contributed by atoms with Gasteiger partial charge >= 0.3 is 10.4 Å². The summed E-state index contributed by atoms with van der Waals surface area (Å²) >= 11 is 0. The average molecular weight is 167 g/mol. The van der Waals surface area contributed by atoms with Crippen LogP contribution in [0.1, 0.15) is 12.8 Å². The zero-order valence-electron chi connectivity index (χ0n) is 5.36. The van der Waals surface area contributed by atoms with Crippen LogP contribution < -0.4 is 0 Å². The molecule has 0 bridgehead atoms. The Kier molecular flexibility index (Phi) is 2.24. The number of hydrogen-bond donors (Lipinski definition) is 1. The molecule has 1 heterocycles. The van der Waals surface area contributed by atoms with Crippen LogP contribution in [-0.2, 0) is 14.7 Å². The van der Waals surface area contributed by atoms with E-state index in [1.54, 1.807) is 0 Å². The van der Waals surface area contributed by atoms with Gasteiger partial charge in [-0.2, -0.15) is 17.8 Å². The lowest BCUT2D eigenvalue weighted by Crippen LogP contribution is -2.23. The van der Waals surface area contributed by atoms with Crippen LogP contribution in [0.4, 0.5) is 0 Å². The number of nitrogens with zero attached hydrogens (tertiary/aromatic N) is 1. The molecule has 0 amide bonds. The Morgan fingerprint density at radius 2 is 1.80 bits per heavy atom. The van der Waals surface area contributed by atoms with Crippen molar-refractivity contribution in [3.8, 4) is 0 Å². The fourth-order valence-corrected chi connectivity index (χ4v) is 1.31. The van der Waals surface area contributed by atoms with Gasteiger partial charge in [-0.25, -0.2) is 0 Å². The predicted molar refractivity (Wildman–Crippen MR) is 33.4 cm³/mol. The van der Waals surface area contributed by atoms with Gasteiger partial charge in [0.1, 0.15) is 0 Å². The van der Waals surface area contributed by atoms with Crippen molar-refractivity contribution in [3.63, 3.8) is 0 Å². The first-order valence-corrected chi connectivity index (χ1v) is 4.36. The van der Waals surface area contributed by atoms with Crippen molar-refractivity contribution in [2.24, 2.45) is 0 Å². The smallest absolute Gasteiger partial charge is 0.262 e. The van der Waals surface area contributed by atoms with Crippen molar-refractivity contribution in [1.82, 2.24) is 5.06 Å². The largest absolute Gasteiger partial charge is 0.413 e. The van der Waals surface area contributed by atoms with E-state index in [0.717, 1.165) is 12.8 Å². The summed E-state index contributed by atoms with van der Waals surface area (Å²) in [5.74, 6) is 0. The van der Waals surface area contributed by atoms with Gasteiger partial charge in [-0.15, -0.1) is 0 Å². The Morgan fingerprint density at radius 1 is 1.30 bits per heavy atom. The Hall–Kier alpha value is -0.170. The molecule has 1 aliphatic rings. The minimum atomic E-state index is -4.28. The normalized spacial score (nSPS) is 21.7. The molecule has 1 fully saturated rings. The van der Waals surface area contributed by atoms with Crippen molar-refractivity contribution in [2.75, 3.05) is 13.1 Å². The van der Waals surface area contributed by atoms with E-state index in [-0.39, 0.29) is 0 Å². The highest BCUT2D eigenvalue weighted by Gasteiger charge is 2.17. The molecular formula is C4H9NO4S. The molecule has 1 aliphatic heterocycles. The quantitative estimate of drug-likeness (QED) is 0.578. The van der Waals surface area contributed by atoms with Crippen molar-refractivity contribution in [1.29, 1.82) is 0 Å². The van der Waals surface area contributed by atoms with Crippen LogP contribution in [0.3, 0.4) is 0 Å². The second kappa shape index (κ2) is 2.83. The Bertz CT molecular complexity index is 193. The highest BCUT2D eigenvalue weighted by atomic mass is 32.3. The van der Waals surface area contributed by atoms with E-state index in [9.17, 15) is 8.42 Å². The molecule has 0 atom stereocenters. The lowest BCUT2D eigenvalue weighted by atomic mass is 10.4. The van der Waals surface area contributed by atoms with Crippen LogP contribution in [-0.4, -0.2) is 31.1 Å². The minimum absolute atomic E-state index is 0.569. The summed E-state index contributed by atoms with van der Waals surface area (Å²) in [5, 5.41) is 1.23. The Morgan fingerprint density at radius 3 is 2.20 bits per heavy atom. The summed E-state index contributed by atoms with van der Waals surface area (Å²) in [5.41, 5.74) is 0. The molecule has 0 unspecified atom stereocenters. The van der Waals surface area contributed by atoms with Crippen LogP contribution in [0.15, 0.2) is 0 Å². The summed E-state index contributed by atoms with van der Waals surface area (Å²) in [6.45, 7) is 1.14. The van der Waals surface area contributed by atoms with Crippen LogP contribution in [0.5, 0.6) is 0 Å². The summed E-state index contributed by atoms with van der Waals surface area (Å²) in [6.07, 6.45) is 1.82. The maximum absolute atomic E-state index is 10.1. The summed E-state index contributed by atoms with van der Waals surface area (Å²) in [7, 11) is -4.28. The average Bonchev–Trinajstić information content (AvgIpc) is 2.12. The molecule has 0 spiro atoms. The monoisotopic (exact) mass is 167 g/mol. The molecule has 0 aliphatic carbocycles. The predicted octanol–water partition coefficient (Wildman–Crippen LogP) is -0.183. The third-order valence-corrected chi connectivity index (χ3v) is 1.66. The second-order valence-electron chi connectivity index (χ2n) is 2.14. The Balaban J connectivity index is 2.38. The molecule has 1 rings (SSSR count). The molecule has 0 aromatic rings. The lowest BCUT2D eigenvalue weighted by molar-refractivity contribution is -0.0379. The first-order valence-electron chi connectivity index (χ1n) is 3.00. The maximum Gasteiger partial charge on any atom is 0.413 e. The highest BCUT2D eigenvalue weighted by Crippen LogP contribution is 2.08. The van der Waals surface area contributed by atoms with Gasteiger partial charge < -0.3 is 0 Å². The van der Waals surface area contributed by atoms with Gasteiger partial charge in [-0.05, 0) is 12.8 Å². The number of hydrogen-bond acceptors (Lipinski definition) is 4. The van der Waals surface area contributed by atoms with Crippen molar-refractivity contribution in [3.05, 3.63) is 0 Å². The fraction of sp³-hybridized carbons (Fsp3) is 1.00. The van der Waals surface area contributed by atoms with E-state index in [4.69, 9.17) is 4.55 Å². The second-order valence-corrected chi connectivity index (χ2v) is 3.14. The summed E-state index contributed by atoms with van der Waals surface area (Å²) < 4.78 is 32.5. The van der Waals surface area contributed by atoms with E-state index >= 15 is 0 Å². The van der Waals surface area contributed by atoms with Crippen molar-refractivity contribution in [2.45, 2.75) is 12.8 Å². The van der Waals surface area contributed by atoms with Crippen LogP contribution >= 0.6 is 0 Å². The molecule has 5 nitrogen and oxygen atoms in total. The lowest BCUT2D eigenvalue weighted by Gasteiger charge is -2.09. The van der Waals surface area contributed by atoms with E-state index in [1.807, 2.05) is 0 Å². The first kappa shape index (κ1) is 7.93. The van der Waals surface area contributed by atoms with E-state index in [0.29, 0.717) is 13.1 Å². The van der Waals surface area contributed by atoms with Gasteiger partial charge in [-0.1, -0.05) is 0 Å². The van der Waals surface area contributed by atoms with Crippen LogP contribution in [0.2, 0.25) is 0 Å². The molecule has 0 aromatic heterocycles. The van der Waals surface area contributed by atoms with Gasteiger partial charge in [0.15, 0.2) is 0 Å². The number of hydroxylamine groups is 2. The molecule has 6 heteroatoms. The molecule has 60 valence electrons. The Labute approximate surface area is 59.5 Å². The third-order valence-electron chi connectivity index (χ3n) is 1.26. The van der Waals surface area contributed by atoms with E-state index < -0.39 is 10.4 Å². The zero-order chi connectivity index (χ0) is 7.61. The highest BCUT2D eigenvalue weighted by molar-refractivity contribution is 7.80. The molecule has 0 radical (unpaired) electrons. The van der Waals surface area contributed by atoms with Gasteiger partial charge in [0.25, 0.3) is 0 Å². The first-order chi connectivity index (χ1) is 4.58. The molecule has 0 saturated carbocycles. The topological polar surface area (TPSA) is 66.8 Å². The molecular weight excluding hydrogens is 158 g/mol. The molecule has 0 aromatic carbocycles. The van der Waals surface area contributed by atoms with Crippen LogP contribution in [0.25, 0.3) is 0 Å². The molecule has 1 saturated heterocycles. The molecule has 10 heavy (non-hydrogen) atoms. The van der Waals surface area contributed by atoms with Crippen LogP contribution in [0, 0.1) is 0 Å². The van der Waals surface area contributed by atoms with Crippen molar-refractivity contribution >= 4 is 10.4 Å².